The molecule has 0 bridgehead atoms. The van der Waals surface area contributed by atoms with E-state index in [-0.39, 0.29) is 5.82 Å². The molecule has 0 fully saturated rings. The summed E-state index contributed by atoms with van der Waals surface area (Å²) in [5.74, 6) is -1.57. The first-order valence-corrected chi connectivity index (χ1v) is 5.83. The highest BCUT2D eigenvalue weighted by atomic mass is 19.1. The Labute approximate surface area is 107 Å². The Kier molecular flexibility index (Phi) is 5.52. The fourth-order valence-corrected chi connectivity index (χ4v) is 1.75. The Morgan fingerprint density at radius 1 is 1.61 bits per heavy atom. The second-order valence-corrected chi connectivity index (χ2v) is 4.35. The van der Waals surface area contributed by atoms with Gasteiger partial charge >= 0.3 is 5.97 Å². The number of carboxylic acid groups (broad SMARTS) is 1. The lowest BCUT2D eigenvalue weighted by atomic mass is 10.1. The van der Waals surface area contributed by atoms with Crippen LogP contribution in [0.15, 0.2) is 36.9 Å². The van der Waals surface area contributed by atoms with E-state index in [1.807, 2.05) is 11.0 Å². The van der Waals surface area contributed by atoms with Crippen molar-refractivity contribution in [1.82, 2.24) is 4.90 Å². The first-order chi connectivity index (χ1) is 8.52. The van der Waals surface area contributed by atoms with Gasteiger partial charge in [-0.15, -0.1) is 6.58 Å². The van der Waals surface area contributed by atoms with E-state index in [2.05, 4.69) is 6.58 Å². The molecular formula is C14H18FNO2. The van der Waals surface area contributed by atoms with Crippen molar-refractivity contribution in [2.45, 2.75) is 13.5 Å². The van der Waals surface area contributed by atoms with Crippen LogP contribution in [0.5, 0.6) is 0 Å². The van der Waals surface area contributed by atoms with Crippen LogP contribution in [0.25, 0.3) is 0 Å². The van der Waals surface area contributed by atoms with Gasteiger partial charge in [-0.3, -0.25) is 9.69 Å². The molecule has 0 aromatic heterocycles. The maximum Gasteiger partial charge on any atom is 0.307 e. The van der Waals surface area contributed by atoms with Gasteiger partial charge in [0.1, 0.15) is 5.82 Å². The lowest BCUT2D eigenvalue weighted by Gasteiger charge is -2.22. The smallest absolute Gasteiger partial charge is 0.307 e. The number of carbonyl (C=O) groups is 1. The van der Waals surface area contributed by atoms with Crippen LogP contribution in [-0.2, 0) is 11.3 Å². The lowest BCUT2D eigenvalue weighted by Crippen LogP contribution is -2.31. The van der Waals surface area contributed by atoms with Gasteiger partial charge in [0.05, 0.1) is 5.92 Å². The van der Waals surface area contributed by atoms with Gasteiger partial charge < -0.3 is 5.11 Å². The van der Waals surface area contributed by atoms with E-state index in [1.165, 1.54) is 12.1 Å². The summed E-state index contributed by atoms with van der Waals surface area (Å²) in [5.41, 5.74) is 0.828. The normalized spacial score (nSPS) is 12.4. The van der Waals surface area contributed by atoms with E-state index in [4.69, 9.17) is 5.11 Å². The highest BCUT2D eigenvalue weighted by Crippen LogP contribution is 2.09. The van der Waals surface area contributed by atoms with Gasteiger partial charge in [0.15, 0.2) is 0 Å². The first-order valence-electron chi connectivity index (χ1n) is 5.83. The zero-order chi connectivity index (χ0) is 13.5. The monoisotopic (exact) mass is 251 g/mol. The molecule has 18 heavy (non-hydrogen) atoms. The van der Waals surface area contributed by atoms with E-state index in [0.29, 0.717) is 19.6 Å². The SMILES string of the molecule is C=CCN(Cc1cccc(F)c1)CC(C)C(=O)O. The highest BCUT2D eigenvalue weighted by molar-refractivity contribution is 5.69. The van der Waals surface area contributed by atoms with Gasteiger partial charge in [0, 0.05) is 19.6 Å². The Morgan fingerprint density at radius 3 is 2.89 bits per heavy atom. The Morgan fingerprint density at radius 2 is 2.33 bits per heavy atom. The number of hydrogen-bond donors (Lipinski definition) is 1. The van der Waals surface area contributed by atoms with Gasteiger partial charge in [-0.2, -0.15) is 0 Å². The third-order valence-electron chi connectivity index (χ3n) is 2.64. The van der Waals surface area contributed by atoms with E-state index < -0.39 is 11.9 Å². The molecular weight excluding hydrogens is 233 g/mol. The largest absolute Gasteiger partial charge is 0.481 e. The van der Waals surface area contributed by atoms with Crippen LogP contribution < -0.4 is 0 Å². The molecule has 1 aromatic rings. The summed E-state index contributed by atoms with van der Waals surface area (Å²) >= 11 is 0. The molecule has 0 amide bonds. The molecule has 0 saturated carbocycles. The molecule has 1 aromatic carbocycles. The summed E-state index contributed by atoms with van der Waals surface area (Å²) in [6.45, 7) is 6.81. The minimum Gasteiger partial charge on any atom is -0.481 e. The summed E-state index contributed by atoms with van der Waals surface area (Å²) in [6, 6.07) is 6.32. The summed E-state index contributed by atoms with van der Waals surface area (Å²) < 4.78 is 13.1. The number of carboxylic acids is 1. The van der Waals surface area contributed by atoms with Crippen molar-refractivity contribution in [2.75, 3.05) is 13.1 Å². The molecule has 4 heteroatoms. The molecule has 0 aliphatic heterocycles. The first kappa shape index (κ1) is 14.4. The van der Waals surface area contributed by atoms with E-state index in [9.17, 15) is 9.18 Å². The van der Waals surface area contributed by atoms with E-state index in [1.54, 1.807) is 19.1 Å². The molecule has 0 saturated heterocycles. The van der Waals surface area contributed by atoms with E-state index >= 15 is 0 Å². The van der Waals surface area contributed by atoms with Crippen LogP contribution in [0.3, 0.4) is 0 Å². The third kappa shape index (κ3) is 4.67. The molecule has 1 unspecified atom stereocenters. The zero-order valence-corrected chi connectivity index (χ0v) is 10.5. The maximum atomic E-state index is 13.1. The fraction of sp³-hybridized carbons (Fsp3) is 0.357. The molecule has 1 atom stereocenters. The minimum absolute atomic E-state index is 0.280. The van der Waals surface area contributed by atoms with Crippen molar-refractivity contribution in [1.29, 1.82) is 0 Å². The molecule has 98 valence electrons. The quantitative estimate of drug-likeness (QED) is 0.757. The van der Waals surface area contributed by atoms with Crippen molar-refractivity contribution >= 4 is 5.97 Å². The number of rotatable bonds is 7. The molecule has 0 heterocycles. The van der Waals surface area contributed by atoms with Crippen molar-refractivity contribution in [2.24, 2.45) is 5.92 Å². The number of benzene rings is 1. The molecule has 1 rings (SSSR count). The van der Waals surface area contributed by atoms with Crippen LogP contribution >= 0.6 is 0 Å². The maximum absolute atomic E-state index is 13.1. The Hall–Kier alpha value is -1.68. The van der Waals surface area contributed by atoms with Crippen LogP contribution in [-0.4, -0.2) is 29.1 Å². The van der Waals surface area contributed by atoms with Gasteiger partial charge in [-0.05, 0) is 17.7 Å². The van der Waals surface area contributed by atoms with Crippen molar-refractivity contribution in [3.63, 3.8) is 0 Å². The molecule has 0 aliphatic rings. The van der Waals surface area contributed by atoms with Gasteiger partial charge in [-0.25, -0.2) is 4.39 Å². The molecule has 0 radical (unpaired) electrons. The summed E-state index contributed by atoms with van der Waals surface area (Å²) in [4.78, 5) is 12.8. The summed E-state index contributed by atoms with van der Waals surface area (Å²) in [5, 5.41) is 8.90. The molecule has 3 nitrogen and oxygen atoms in total. The van der Waals surface area contributed by atoms with Gasteiger partial charge in [-0.1, -0.05) is 25.1 Å². The van der Waals surface area contributed by atoms with Gasteiger partial charge in [0.2, 0.25) is 0 Å². The second kappa shape index (κ2) is 6.91. The summed E-state index contributed by atoms with van der Waals surface area (Å²) in [6.07, 6.45) is 1.72. The standard InChI is InChI=1S/C14H18FNO2/c1-3-7-16(9-11(2)14(17)18)10-12-5-4-6-13(15)8-12/h3-6,8,11H,1,7,9-10H2,2H3,(H,17,18). The van der Waals surface area contributed by atoms with Crippen LogP contribution in [0.2, 0.25) is 0 Å². The lowest BCUT2D eigenvalue weighted by molar-refractivity contribution is -0.141. The second-order valence-electron chi connectivity index (χ2n) is 4.35. The third-order valence-corrected chi connectivity index (χ3v) is 2.64. The molecule has 0 aliphatic carbocycles. The van der Waals surface area contributed by atoms with E-state index in [0.717, 1.165) is 5.56 Å². The summed E-state index contributed by atoms with van der Waals surface area (Å²) in [7, 11) is 0. The minimum atomic E-state index is -0.830. The topological polar surface area (TPSA) is 40.5 Å². The predicted octanol–water partition coefficient (Wildman–Crippen LogP) is 2.53. The highest BCUT2D eigenvalue weighted by Gasteiger charge is 2.15. The van der Waals surface area contributed by atoms with Crippen molar-refractivity contribution in [3.8, 4) is 0 Å². The Bertz CT molecular complexity index is 420. The van der Waals surface area contributed by atoms with Crippen LogP contribution in [0.1, 0.15) is 12.5 Å². The number of halogens is 1. The Balaban J connectivity index is 2.67. The molecule has 1 N–H and O–H groups in total. The van der Waals surface area contributed by atoms with Gasteiger partial charge in [0.25, 0.3) is 0 Å². The van der Waals surface area contributed by atoms with Crippen molar-refractivity contribution < 1.29 is 14.3 Å². The predicted molar refractivity (Wildman–Crippen MR) is 68.7 cm³/mol. The zero-order valence-electron chi connectivity index (χ0n) is 10.5. The van der Waals surface area contributed by atoms with Crippen LogP contribution in [0.4, 0.5) is 4.39 Å². The average molecular weight is 251 g/mol. The van der Waals surface area contributed by atoms with Crippen molar-refractivity contribution in [3.05, 3.63) is 48.3 Å². The fourth-order valence-electron chi connectivity index (χ4n) is 1.75. The number of hydrogen-bond acceptors (Lipinski definition) is 2. The number of aliphatic carboxylic acids is 1. The average Bonchev–Trinajstić information content (AvgIpc) is 2.29. The number of nitrogens with zero attached hydrogens (tertiary/aromatic N) is 1. The van der Waals surface area contributed by atoms with Crippen LogP contribution in [0, 0.1) is 11.7 Å². The molecule has 0 spiro atoms.